The third-order valence-corrected chi connectivity index (χ3v) is 8.94. The fourth-order valence-electron chi connectivity index (χ4n) is 4.75. The van der Waals surface area contributed by atoms with E-state index in [1.807, 2.05) is 36.3 Å². The predicted octanol–water partition coefficient (Wildman–Crippen LogP) is 3.85. The molecule has 1 aromatic heterocycles. The van der Waals surface area contributed by atoms with Gasteiger partial charge in [-0.3, -0.25) is 9.89 Å². The van der Waals surface area contributed by atoms with E-state index in [2.05, 4.69) is 15.7 Å². The van der Waals surface area contributed by atoms with Crippen molar-refractivity contribution in [1.29, 1.82) is 0 Å². The standard InChI is InChI=1S/C31H38F5N5O5S/c1-3-5-9-47(44,45)18-26(40-29(42)24-16-39-41-28(24)31(34,35)36)30(43)46-27(17-38-15-20-8-6-7-19(4-2)10-20)25(37)13-21-11-22(32)14-23(33)12-21/h6-8,10-12,14,16,25-27,38H,3-5,9,13,15,17-18,37H2,1-2H3,(H,39,41)(H,40,42)/t25-,26+,27+/m0/s1. The highest BCUT2D eigenvalue weighted by Gasteiger charge is 2.40. The van der Waals surface area contributed by atoms with Gasteiger partial charge in [0.2, 0.25) is 0 Å². The number of aromatic amines is 1. The number of hydrogen-bond donors (Lipinski definition) is 4. The number of alkyl halides is 3. The zero-order valence-corrected chi connectivity index (χ0v) is 26.7. The largest absolute Gasteiger partial charge is 0.458 e. The molecule has 0 unspecified atom stereocenters. The molecule has 16 heteroatoms. The van der Waals surface area contributed by atoms with Crippen LogP contribution < -0.4 is 16.4 Å². The number of aryl methyl sites for hydroxylation is 1. The van der Waals surface area contributed by atoms with Gasteiger partial charge in [-0.1, -0.05) is 44.5 Å². The van der Waals surface area contributed by atoms with Crippen molar-refractivity contribution in [2.45, 2.75) is 70.4 Å². The van der Waals surface area contributed by atoms with Crippen LogP contribution in [0, 0.1) is 11.6 Å². The summed E-state index contributed by atoms with van der Waals surface area (Å²) < 4.78 is 99.3. The van der Waals surface area contributed by atoms with Crippen LogP contribution >= 0.6 is 0 Å². The lowest BCUT2D eigenvalue weighted by Crippen LogP contribution is -2.52. The molecule has 0 saturated heterocycles. The summed E-state index contributed by atoms with van der Waals surface area (Å²) in [5, 5.41) is 10.1. The zero-order valence-electron chi connectivity index (χ0n) is 25.9. The van der Waals surface area contributed by atoms with Gasteiger partial charge in [0.25, 0.3) is 5.91 Å². The minimum absolute atomic E-state index is 0.107. The average Bonchev–Trinajstić information content (AvgIpc) is 3.50. The number of H-pyrrole nitrogens is 1. The van der Waals surface area contributed by atoms with E-state index in [1.54, 1.807) is 6.92 Å². The molecule has 0 aliphatic rings. The maximum Gasteiger partial charge on any atom is 0.435 e. The quantitative estimate of drug-likeness (QED) is 0.123. The molecule has 3 atom stereocenters. The van der Waals surface area contributed by atoms with E-state index in [4.69, 9.17) is 10.5 Å². The Morgan fingerprint density at radius 1 is 1.04 bits per heavy atom. The van der Waals surface area contributed by atoms with E-state index in [9.17, 15) is 40.0 Å². The number of sulfone groups is 1. The molecule has 5 N–H and O–H groups in total. The zero-order chi connectivity index (χ0) is 34.8. The Morgan fingerprint density at radius 3 is 2.36 bits per heavy atom. The van der Waals surface area contributed by atoms with Gasteiger partial charge >= 0.3 is 12.1 Å². The smallest absolute Gasteiger partial charge is 0.435 e. The molecule has 258 valence electrons. The van der Waals surface area contributed by atoms with Crippen molar-refractivity contribution in [1.82, 2.24) is 20.8 Å². The third kappa shape index (κ3) is 11.7. The molecule has 0 radical (unpaired) electrons. The predicted molar refractivity (Wildman–Crippen MR) is 164 cm³/mol. The molecule has 1 amide bonds. The van der Waals surface area contributed by atoms with Crippen LogP contribution in [0.25, 0.3) is 0 Å². The summed E-state index contributed by atoms with van der Waals surface area (Å²) in [5.41, 5.74) is 5.96. The van der Waals surface area contributed by atoms with Crippen molar-refractivity contribution in [2.75, 3.05) is 18.1 Å². The fraction of sp³-hybridized carbons (Fsp3) is 0.452. The van der Waals surface area contributed by atoms with Gasteiger partial charge in [-0.15, -0.1) is 0 Å². The normalized spacial score (nSPS) is 14.0. The maximum absolute atomic E-state index is 13.9. The number of nitrogens with zero attached hydrogens (tertiary/aromatic N) is 1. The summed E-state index contributed by atoms with van der Waals surface area (Å²) in [4.78, 5) is 26.4. The van der Waals surface area contributed by atoms with E-state index < -0.39 is 74.7 Å². The number of benzene rings is 2. The molecule has 0 saturated carbocycles. The lowest BCUT2D eigenvalue weighted by molar-refractivity contribution is -0.151. The van der Waals surface area contributed by atoms with E-state index in [1.165, 1.54) is 0 Å². The number of carbonyl (C=O) groups excluding carboxylic acids is 2. The number of aromatic nitrogens is 2. The van der Waals surface area contributed by atoms with Gasteiger partial charge in [-0.05, 0) is 48.1 Å². The van der Waals surface area contributed by atoms with Crippen molar-refractivity contribution < 1.29 is 44.7 Å². The number of nitrogens with two attached hydrogens (primary N) is 1. The molecule has 3 aromatic rings. The lowest BCUT2D eigenvalue weighted by atomic mass is 10.0. The van der Waals surface area contributed by atoms with Crippen molar-refractivity contribution in [2.24, 2.45) is 5.73 Å². The van der Waals surface area contributed by atoms with Crippen LogP contribution in [0.2, 0.25) is 0 Å². The van der Waals surface area contributed by atoms with Crippen LogP contribution in [-0.4, -0.2) is 66.7 Å². The molecule has 0 aliphatic heterocycles. The first-order valence-electron chi connectivity index (χ1n) is 14.9. The number of hydrogen-bond acceptors (Lipinski definition) is 8. The molecule has 10 nitrogen and oxygen atoms in total. The van der Waals surface area contributed by atoms with E-state index >= 15 is 0 Å². The van der Waals surface area contributed by atoms with Crippen molar-refractivity contribution in [3.8, 4) is 0 Å². The van der Waals surface area contributed by atoms with E-state index in [-0.39, 0.29) is 30.7 Å². The summed E-state index contributed by atoms with van der Waals surface area (Å²) >= 11 is 0. The van der Waals surface area contributed by atoms with Gasteiger partial charge in [0.1, 0.15) is 23.8 Å². The second-order valence-corrected chi connectivity index (χ2v) is 13.3. The van der Waals surface area contributed by atoms with Crippen molar-refractivity contribution in [3.63, 3.8) is 0 Å². The summed E-state index contributed by atoms with van der Waals surface area (Å²) in [7, 11) is -4.01. The molecule has 1 heterocycles. The molecule has 47 heavy (non-hydrogen) atoms. The van der Waals surface area contributed by atoms with Gasteiger partial charge in [0.05, 0.1) is 17.1 Å². The SMILES string of the molecule is CCCCS(=O)(=O)C[C@@H](NC(=O)c1c[nH]nc1C(F)(F)F)C(=O)O[C@H](CNCc1cccc(CC)c1)[C@@H](N)Cc1cc(F)cc(F)c1. The summed E-state index contributed by atoms with van der Waals surface area (Å²) in [5.74, 6) is -5.72. The van der Waals surface area contributed by atoms with Crippen LogP contribution in [0.3, 0.4) is 0 Å². The summed E-state index contributed by atoms with van der Waals surface area (Å²) in [6.45, 7) is 3.92. The van der Waals surface area contributed by atoms with Crippen LogP contribution in [0.5, 0.6) is 0 Å². The number of unbranched alkanes of at least 4 members (excludes halogenated alkanes) is 1. The topological polar surface area (TPSA) is 156 Å². The second-order valence-electron chi connectivity index (χ2n) is 11.1. The van der Waals surface area contributed by atoms with Gasteiger partial charge in [-0.2, -0.15) is 18.3 Å². The molecule has 0 aliphatic carbocycles. The van der Waals surface area contributed by atoms with E-state index in [0.717, 1.165) is 29.7 Å². The number of nitrogens with one attached hydrogen (secondary N) is 3. The Hall–Kier alpha value is -3.89. The maximum atomic E-state index is 13.9. The molecule has 3 rings (SSSR count). The first-order chi connectivity index (χ1) is 22.1. The molecular formula is C31H38F5N5O5S. The van der Waals surface area contributed by atoms with Gasteiger partial charge in [-0.25, -0.2) is 22.0 Å². The van der Waals surface area contributed by atoms with Gasteiger partial charge < -0.3 is 21.1 Å². The first kappa shape index (κ1) is 37.6. The second kappa shape index (κ2) is 16.8. The monoisotopic (exact) mass is 687 g/mol. The molecular weight excluding hydrogens is 649 g/mol. The first-order valence-corrected chi connectivity index (χ1v) is 16.8. The minimum atomic E-state index is -5.02. The summed E-state index contributed by atoms with van der Waals surface area (Å²) in [6, 6.07) is 7.41. The Kier molecular flexibility index (Phi) is 13.4. The Balaban J connectivity index is 1.88. The highest BCUT2D eigenvalue weighted by molar-refractivity contribution is 7.91. The van der Waals surface area contributed by atoms with E-state index in [0.29, 0.717) is 25.2 Å². The molecule has 2 aromatic carbocycles. The fourth-order valence-corrected chi connectivity index (χ4v) is 6.37. The lowest BCUT2D eigenvalue weighted by Gasteiger charge is -2.27. The third-order valence-electron chi connectivity index (χ3n) is 7.19. The molecule has 0 spiro atoms. The van der Waals surface area contributed by atoms with Crippen LogP contribution in [0.1, 0.15) is 59.4 Å². The van der Waals surface area contributed by atoms with Gasteiger partial charge in [0.15, 0.2) is 15.5 Å². The van der Waals surface area contributed by atoms with Gasteiger partial charge in [0, 0.05) is 31.4 Å². The number of rotatable bonds is 17. The number of amides is 1. The van der Waals surface area contributed by atoms with Crippen molar-refractivity contribution in [3.05, 3.63) is 88.2 Å². The molecule has 0 bridgehead atoms. The Labute approximate surface area is 269 Å². The number of carbonyl (C=O) groups is 2. The highest BCUT2D eigenvalue weighted by atomic mass is 32.2. The Bertz CT molecular complexity index is 1600. The van der Waals surface area contributed by atoms with Crippen molar-refractivity contribution >= 4 is 21.7 Å². The molecule has 0 fully saturated rings. The van der Waals surface area contributed by atoms with Crippen LogP contribution in [0.15, 0.2) is 48.7 Å². The average molecular weight is 688 g/mol. The summed E-state index contributed by atoms with van der Waals surface area (Å²) in [6.07, 6.45) is -4.24. The Morgan fingerprint density at radius 2 is 1.72 bits per heavy atom. The number of ether oxygens (including phenoxy) is 1. The number of esters is 1. The minimum Gasteiger partial charge on any atom is -0.458 e. The van der Waals surface area contributed by atoms with Crippen LogP contribution in [-0.2, 0) is 44.9 Å². The number of halogens is 5. The van der Waals surface area contributed by atoms with Crippen LogP contribution in [0.4, 0.5) is 22.0 Å². The highest BCUT2D eigenvalue weighted by Crippen LogP contribution is 2.30.